The fourth-order valence-corrected chi connectivity index (χ4v) is 2.01. The number of carbonyl (C=O) groups is 1. The maximum Gasteiger partial charge on any atom is 0.234 e. The Morgan fingerprint density at radius 3 is 2.30 bits per heavy atom. The lowest BCUT2D eigenvalue weighted by Gasteiger charge is -2.22. The molecule has 0 fully saturated rings. The molecule has 2 N–H and O–H groups in total. The number of rotatable bonds is 6. The third kappa shape index (κ3) is 5.61. The molecule has 20 heavy (non-hydrogen) atoms. The van der Waals surface area contributed by atoms with Crippen molar-refractivity contribution in [1.29, 1.82) is 0 Å². The quantitative estimate of drug-likeness (QED) is 0.841. The summed E-state index contributed by atoms with van der Waals surface area (Å²) < 4.78 is 5.15. The summed E-state index contributed by atoms with van der Waals surface area (Å²) in [5, 5.41) is 6.24. The van der Waals surface area contributed by atoms with Crippen LogP contribution in [0.4, 0.5) is 0 Å². The zero-order valence-corrected chi connectivity index (χ0v) is 13.1. The van der Waals surface area contributed by atoms with Crippen LogP contribution in [0.3, 0.4) is 0 Å². The monoisotopic (exact) mass is 278 g/mol. The Balaban J connectivity index is 2.56. The van der Waals surface area contributed by atoms with Crippen molar-refractivity contribution in [2.75, 3.05) is 13.7 Å². The van der Waals surface area contributed by atoms with E-state index in [0.717, 1.165) is 17.7 Å². The molecule has 0 aliphatic carbocycles. The summed E-state index contributed by atoms with van der Waals surface area (Å²) in [6.07, 6.45) is 0.926. The lowest BCUT2D eigenvalue weighted by molar-refractivity contribution is -0.121. The molecule has 0 radical (unpaired) electrons. The zero-order valence-electron chi connectivity index (χ0n) is 13.1. The van der Waals surface area contributed by atoms with Crippen LogP contribution in [0, 0.1) is 0 Å². The molecule has 0 aliphatic heterocycles. The van der Waals surface area contributed by atoms with Crippen molar-refractivity contribution >= 4 is 5.91 Å². The van der Waals surface area contributed by atoms with E-state index in [4.69, 9.17) is 4.74 Å². The van der Waals surface area contributed by atoms with Crippen molar-refractivity contribution in [3.63, 3.8) is 0 Å². The van der Waals surface area contributed by atoms with E-state index < -0.39 is 0 Å². The van der Waals surface area contributed by atoms with Gasteiger partial charge in [0.15, 0.2) is 0 Å². The van der Waals surface area contributed by atoms with E-state index in [9.17, 15) is 4.79 Å². The molecular weight excluding hydrogens is 252 g/mol. The van der Waals surface area contributed by atoms with Crippen molar-refractivity contribution in [3.05, 3.63) is 29.8 Å². The van der Waals surface area contributed by atoms with Crippen molar-refractivity contribution in [1.82, 2.24) is 10.6 Å². The molecule has 0 spiro atoms. The lowest BCUT2D eigenvalue weighted by Crippen LogP contribution is -2.45. The highest BCUT2D eigenvalue weighted by atomic mass is 16.5. The molecule has 0 saturated heterocycles. The summed E-state index contributed by atoms with van der Waals surface area (Å²) >= 11 is 0. The van der Waals surface area contributed by atoms with Gasteiger partial charge >= 0.3 is 0 Å². The van der Waals surface area contributed by atoms with Gasteiger partial charge in [-0.2, -0.15) is 0 Å². The van der Waals surface area contributed by atoms with Crippen LogP contribution in [0.25, 0.3) is 0 Å². The van der Waals surface area contributed by atoms with Gasteiger partial charge in [0.05, 0.1) is 13.7 Å². The van der Waals surface area contributed by atoms with Crippen molar-refractivity contribution < 1.29 is 9.53 Å². The summed E-state index contributed by atoms with van der Waals surface area (Å²) in [6, 6.07) is 8.11. The Morgan fingerprint density at radius 1 is 1.25 bits per heavy atom. The summed E-state index contributed by atoms with van der Waals surface area (Å²) in [4.78, 5) is 11.8. The number of carbonyl (C=O) groups excluding carboxylic acids is 1. The number of nitrogens with one attached hydrogen (secondary N) is 2. The summed E-state index contributed by atoms with van der Waals surface area (Å²) in [6.45, 7) is 8.36. The largest absolute Gasteiger partial charge is 0.497 e. The van der Waals surface area contributed by atoms with Gasteiger partial charge in [-0.05, 0) is 44.9 Å². The predicted molar refractivity (Wildman–Crippen MR) is 81.9 cm³/mol. The minimum absolute atomic E-state index is 0.0180. The first-order valence-electron chi connectivity index (χ1n) is 7.04. The molecule has 1 aromatic carbocycles. The Hall–Kier alpha value is -1.55. The highest BCUT2D eigenvalue weighted by Gasteiger charge is 2.15. The van der Waals surface area contributed by atoms with Gasteiger partial charge in [-0.15, -0.1) is 0 Å². The van der Waals surface area contributed by atoms with Crippen LogP contribution in [0.5, 0.6) is 5.75 Å². The minimum Gasteiger partial charge on any atom is -0.497 e. The Labute approximate surface area is 121 Å². The standard InChI is InChI=1S/C16H26N2O2/c1-6-14(12-7-9-13(20-5)10-8-12)17-11-15(19)18-16(2,3)4/h7-10,14,17H,6,11H2,1-5H3,(H,18,19). The van der Waals surface area contributed by atoms with Crippen LogP contribution in [0.1, 0.15) is 45.7 Å². The number of hydrogen-bond donors (Lipinski definition) is 2. The van der Waals surface area contributed by atoms with Crippen LogP contribution in [-0.4, -0.2) is 25.1 Å². The molecule has 1 rings (SSSR count). The fourth-order valence-electron chi connectivity index (χ4n) is 2.01. The smallest absolute Gasteiger partial charge is 0.234 e. The van der Waals surface area contributed by atoms with E-state index in [0.29, 0.717) is 6.54 Å². The number of benzene rings is 1. The summed E-state index contributed by atoms with van der Waals surface area (Å²) in [5.41, 5.74) is 0.970. The van der Waals surface area contributed by atoms with E-state index in [-0.39, 0.29) is 17.5 Å². The highest BCUT2D eigenvalue weighted by molar-refractivity contribution is 5.78. The molecule has 0 aliphatic rings. The van der Waals surface area contributed by atoms with Crippen LogP contribution in [-0.2, 0) is 4.79 Å². The second-order valence-corrected chi connectivity index (χ2v) is 5.91. The van der Waals surface area contributed by atoms with Crippen molar-refractivity contribution in [2.24, 2.45) is 0 Å². The second kappa shape index (κ2) is 7.29. The number of methoxy groups -OCH3 is 1. The van der Waals surface area contributed by atoms with E-state index in [1.165, 1.54) is 0 Å². The molecule has 1 atom stereocenters. The van der Waals surface area contributed by atoms with Crippen molar-refractivity contribution in [2.45, 2.75) is 45.7 Å². The van der Waals surface area contributed by atoms with E-state index >= 15 is 0 Å². The van der Waals surface area contributed by atoms with Gasteiger partial charge in [-0.1, -0.05) is 19.1 Å². The van der Waals surface area contributed by atoms with Crippen LogP contribution >= 0.6 is 0 Å². The molecule has 1 unspecified atom stereocenters. The number of amides is 1. The molecule has 1 aromatic rings. The molecule has 112 valence electrons. The first-order valence-corrected chi connectivity index (χ1v) is 7.04. The molecular formula is C16H26N2O2. The summed E-state index contributed by atoms with van der Waals surface area (Å²) in [5.74, 6) is 0.860. The highest BCUT2D eigenvalue weighted by Crippen LogP contribution is 2.19. The zero-order chi connectivity index (χ0) is 15.2. The molecule has 1 amide bonds. The number of hydrogen-bond acceptors (Lipinski definition) is 3. The fraction of sp³-hybridized carbons (Fsp3) is 0.562. The van der Waals surface area contributed by atoms with Gasteiger partial charge in [0.1, 0.15) is 5.75 Å². The Bertz CT molecular complexity index is 421. The normalized spacial score (nSPS) is 12.8. The average molecular weight is 278 g/mol. The van der Waals surface area contributed by atoms with E-state index in [2.05, 4.69) is 17.6 Å². The Morgan fingerprint density at radius 2 is 1.85 bits per heavy atom. The minimum atomic E-state index is -0.194. The second-order valence-electron chi connectivity index (χ2n) is 5.91. The maximum atomic E-state index is 11.8. The first kappa shape index (κ1) is 16.5. The predicted octanol–water partition coefficient (Wildman–Crippen LogP) is 2.65. The number of ether oxygens (including phenoxy) is 1. The average Bonchev–Trinajstić information content (AvgIpc) is 2.38. The molecule has 0 bridgehead atoms. The molecule has 0 saturated carbocycles. The molecule has 4 nitrogen and oxygen atoms in total. The van der Waals surface area contributed by atoms with Crippen LogP contribution < -0.4 is 15.4 Å². The molecule has 0 aromatic heterocycles. The molecule has 4 heteroatoms. The maximum absolute atomic E-state index is 11.8. The third-order valence-electron chi connectivity index (χ3n) is 2.95. The van der Waals surface area contributed by atoms with E-state index in [1.54, 1.807) is 7.11 Å². The van der Waals surface area contributed by atoms with E-state index in [1.807, 2.05) is 45.0 Å². The van der Waals surface area contributed by atoms with Crippen LogP contribution in [0.15, 0.2) is 24.3 Å². The first-order chi connectivity index (χ1) is 9.35. The van der Waals surface area contributed by atoms with Gasteiger partial charge in [-0.25, -0.2) is 0 Å². The van der Waals surface area contributed by atoms with Crippen LogP contribution in [0.2, 0.25) is 0 Å². The van der Waals surface area contributed by atoms with Gasteiger partial charge in [-0.3, -0.25) is 4.79 Å². The Kier molecular flexibility index (Phi) is 6.02. The topological polar surface area (TPSA) is 50.4 Å². The lowest BCUT2D eigenvalue weighted by atomic mass is 10.0. The van der Waals surface area contributed by atoms with Gasteiger partial charge in [0.25, 0.3) is 0 Å². The van der Waals surface area contributed by atoms with Gasteiger partial charge in [0.2, 0.25) is 5.91 Å². The third-order valence-corrected chi connectivity index (χ3v) is 2.95. The molecule has 0 heterocycles. The van der Waals surface area contributed by atoms with Gasteiger partial charge in [0, 0.05) is 11.6 Å². The van der Waals surface area contributed by atoms with Gasteiger partial charge < -0.3 is 15.4 Å². The van der Waals surface area contributed by atoms with Crippen molar-refractivity contribution in [3.8, 4) is 5.75 Å². The SMILES string of the molecule is CCC(NCC(=O)NC(C)(C)C)c1ccc(OC)cc1. The summed E-state index contributed by atoms with van der Waals surface area (Å²) in [7, 11) is 1.65.